The van der Waals surface area contributed by atoms with Crippen LogP contribution in [-0.4, -0.2) is 15.9 Å². The highest BCUT2D eigenvalue weighted by Gasteiger charge is 2.14. The zero-order valence-electron chi connectivity index (χ0n) is 9.76. The molecule has 4 nitrogen and oxygen atoms in total. The monoisotopic (exact) mass is 229 g/mol. The molecule has 0 fully saturated rings. The summed E-state index contributed by atoms with van der Waals surface area (Å²) in [6.45, 7) is 2.31. The van der Waals surface area contributed by atoms with E-state index in [1.807, 2.05) is 31.2 Å². The van der Waals surface area contributed by atoms with E-state index < -0.39 is 0 Å². The van der Waals surface area contributed by atoms with E-state index in [9.17, 15) is 4.79 Å². The molecule has 1 aliphatic carbocycles. The molecule has 4 heteroatoms. The van der Waals surface area contributed by atoms with Gasteiger partial charge >= 0.3 is 0 Å². The van der Waals surface area contributed by atoms with Crippen LogP contribution in [0.2, 0.25) is 0 Å². The maximum absolute atomic E-state index is 11.8. The Kier molecular flexibility index (Phi) is 3.65. The van der Waals surface area contributed by atoms with Crippen LogP contribution in [0, 0.1) is 12.8 Å². The summed E-state index contributed by atoms with van der Waals surface area (Å²) in [4.78, 5) is 20.1. The molecule has 1 unspecified atom stereocenters. The zero-order valence-corrected chi connectivity index (χ0v) is 9.76. The predicted molar refractivity (Wildman–Crippen MR) is 65.0 cm³/mol. The minimum Gasteiger partial charge on any atom is -0.350 e. The van der Waals surface area contributed by atoms with Gasteiger partial charge in [0.2, 0.25) is 5.91 Å². The molecule has 1 aromatic rings. The average Bonchev–Trinajstić information content (AvgIpc) is 2.39. The van der Waals surface area contributed by atoms with Gasteiger partial charge in [-0.15, -0.1) is 0 Å². The highest BCUT2D eigenvalue weighted by atomic mass is 16.1. The van der Waals surface area contributed by atoms with Crippen molar-refractivity contribution in [2.45, 2.75) is 19.9 Å². The third-order valence-electron chi connectivity index (χ3n) is 2.60. The summed E-state index contributed by atoms with van der Waals surface area (Å²) in [5, 5.41) is 2.86. The van der Waals surface area contributed by atoms with Gasteiger partial charge in [0.1, 0.15) is 0 Å². The standard InChI is InChI=1S/C13H15N3O/c1-10-7-15-12(8-14-10)9-16-13(17)11-5-3-2-4-6-11/h2-5,7-8,11H,6,9H2,1H3,(H,16,17). The first kappa shape index (κ1) is 11.5. The van der Waals surface area contributed by atoms with Crippen molar-refractivity contribution in [2.75, 3.05) is 0 Å². The Hall–Kier alpha value is -1.97. The molecule has 1 amide bonds. The number of carbonyl (C=O) groups excluding carboxylic acids is 1. The van der Waals surface area contributed by atoms with Crippen molar-refractivity contribution >= 4 is 5.91 Å². The van der Waals surface area contributed by atoms with Crippen molar-refractivity contribution in [1.29, 1.82) is 0 Å². The fourth-order valence-corrected chi connectivity index (χ4v) is 1.59. The first-order valence-corrected chi connectivity index (χ1v) is 5.64. The number of hydrogen-bond donors (Lipinski definition) is 1. The van der Waals surface area contributed by atoms with Crippen LogP contribution in [0.5, 0.6) is 0 Å². The Morgan fingerprint density at radius 3 is 2.94 bits per heavy atom. The van der Waals surface area contributed by atoms with E-state index in [-0.39, 0.29) is 11.8 Å². The molecular weight excluding hydrogens is 214 g/mol. The van der Waals surface area contributed by atoms with Crippen molar-refractivity contribution in [1.82, 2.24) is 15.3 Å². The lowest BCUT2D eigenvalue weighted by Crippen LogP contribution is -2.29. The van der Waals surface area contributed by atoms with Gasteiger partial charge < -0.3 is 5.32 Å². The van der Waals surface area contributed by atoms with Gasteiger partial charge in [0.15, 0.2) is 0 Å². The maximum atomic E-state index is 11.8. The number of nitrogens with one attached hydrogen (secondary N) is 1. The van der Waals surface area contributed by atoms with Gasteiger partial charge in [-0.3, -0.25) is 14.8 Å². The van der Waals surface area contributed by atoms with Crippen molar-refractivity contribution in [2.24, 2.45) is 5.92 Å². The van der Waals surface area contributed by atoms with Gasteiger partial charge in [0.25, 0.3) is 0 Å². The molecule has 0 saturated carbocycles. The second-order valence-electron chi connectivity index (χ2n) is 4.02. The molecule has 1 heterocycles. The number of allylic oxidation sites excluding steroid dienone is 3. The van der Waals surface area contributed by atoms with Crippen LogP contribution >= 0.6 is 0 Å². The molecule has 2 rings (SSSR count). The first-order valence-electron chi connectivity index (χ1n) is 5.64. The normalized spacial score (nSPS) is 18.1. The molecule has 0 saturated heterocycles. The first-order chi connectivity index (χ1) is 8.25. The number of hydrogen-bond acceptors (Lipinski definition) is 3. The summed E-state index contributed by atoms with van der Waals surface area (Å²) in [6, 6.07) is 0. The van der Waals surface area contributed by atoms with E-state index in [0.29, 0.717) is 6.54 Å². The van der Waals surface area contributed by atoms with E-state index >= 15 is 0 Å². The largest absolute Gasteiger partial charge is 0.350 e. The van der Waals surface area contributed by atoms with E-state index in [1.54, 1.807) is 12.4 Å². The number of nitrogens with zero attached hydrogens (tertiary/aromatic N) is 2. The van der Waals surface area contributed by atoms with Crippen LogP contribution in [0.1, 0.15) is 17.8 Å². The number of rotatable bonds is 3. The molecule has 1 aromatic heterocycles. The van der Waals surface area contributed by atoms with Gasteiger partial charge in [-0.1, -0.05) is 24.3 Å². The van der Waals surface area contributed by atoms with E-state index in [2.05, 4.69) is 15.3 Å². The molecule has 1 atom stereocenters. The minimum absolute atomic E-state index is 0.0352. The second-order valence-corrected chi connectivity index (χ2v) is 4.02. The van der Waals surface area contributed by atoms with Crippen molar-refractivity contribution in [3.63, 3.8) is 0 Å². The molecule has 0 aliphatic heterocycles. The molecule has 88 valence electrons. The molecule has 0 bridgehead atoms. The zero-order chi connectivity index (χ0) is 12.1. The van der Waals surface area contributed by atoms with Crippen LogP contribution in [-0.2, 0) is 11.3 Å². The summed E-state index contributed by atoms with van der Waals surface area (Å²) < 4.78 is 0. The Labute approximate surface area is 100 Å². The maximum Gasteiger partial charge on any atom is 0.227 e. The average molecular weight is 229 g/mol. The van der Waals surface area contributed by atoms with E-state index in [0.717, 1.165) is 17.8 Å². The van der Waals surface area contributed by atoms with Crippen LogP contribution in [0.4, 0.5) is 0 Å². The number of aryl methyl sites for hydroxylation is 1. The molecule has 1 N–H and O–H groups in total. The highest BCUT2D eigenvalue weighted by Crippen LogP contribution is 2.11. The SMILES string of the molecule is Cc1cnc(CNC(=O)C2C=CC=CC2)cn1. The number of aromatic nitrogens is 2. The van der Waals surface area contributed by atoms with Crippen molar-refractivity contribution in [3.05, 3.63) is 48.1 Å². The smallest absolute Gasteiger partial charge is 0.227 e. The lowest BCUT2D eigenvalue weighted by Gasteiger charge is -2.12. The van der Waals surface area contributed by atoms with E-state index in [1.165, 1.54) is 0 Å². The molecule has 17 heavy (non-hydrogen) atoms. The lowest BCUT2D eigenvalue weighted by molar-refractivity contribution is -0.123. The van der Waals surface area contributed by atoms with Gasteiger partial charge in [-0.05, 0) is 13.3 Å². The van der Waals surface area contributed by atoms with E-state index in [4.69, 9.17) is 0 Å². The van der Waals surface area contributed by atoms with Crippen LogP contribution in [0.15, 0.2) is 36.7 Å². The van der Waals surface area contributed by atoms with Gasteiger partial charge in [-0.25, -0.2) is 0 Å². The summed E-state index contributed by atoms with van der Waals surface area (Å²) in [5.74, 6) is -0.0219. The Morgan fingerprint density at radius 2 is 2.29 bits per heavy atom. The Morgan fingerprint density at radius 1 is 1.41 bits per heavy atom. The van der Waals surface area contributed by atoms with Crippen molar-refractivity contribution in [3.8, 4) is 0 Å². The fraction of sp³-hybridized carbons (Fsp3) is 0.308. The molecule has 0 aromatic carbocycles. The fourth-order valence-electron chi connectivity index (χ4n) is 1.59. The molecule has 0 radical (unpaired) electrons. The second kappa shape index (κ2) is 5.39. The minimum atomic E-state index is -0.0570. The van der Waals surface area contributed by atoms with Crippen molar-refractivity contribution < 1.29 is 4.79 Å². The van der Waals surface area contributed by atoms with Crippen LogP contribution in [0.3, 0.4) is 0 Å². The third-order valence-corrected chi connectivity index (χ3v) is 2.60. The Bertz CT molecular complexity index is 448. The highest BCUT2D eigenvalue weighted by molar-refractivity contribution is 5.80. The summed E-state index contributed by atoms with van der Waals surface area (Å²) in [7, 11) is 0. The number of carbonyl (C=O) groups is 1. The summed E-state index contributed by atoms with van der Waals surface area (Å²) in [6.07, 6.45) is 11.9. The predicted octanol–water partition coefficient (Wildman–Crippen LogP) is 1.53. The van der Waals surface area contributed by atoms with Crippen LogP contribution in [0.25, 0.3) is 0 Å². The number of amides is 1. The molecular formula is C13H15N3O. The molecule has 0 spiro atoms. The quantitative estimate of drug-likeness (QED) is 0.855. The summed E-state index contributed by atoms with van der Waals surface area (Å²) >= 11 is 0. The third kappa shape index (κ3) is 3.24. The lowest BCUT2D eigenvalue weighted by atomic mass is 10.0. The van der Waals surface area contributed by atoms with Gasteiger partial charge in [0.05, 0.1) is 30.0 Å². The summed E-state index contributed by atoms with van der Waals surface area (Å²) in [5.41, 5.74) is 1.65. The van der Waals surface area contributed by atoms with Crippen LogP contribution < -0.4 is 5.32 Å². The molecule has 1 aliphatic rings. The van der Waals surface area contributed by atoms with Gasteiger partial charge in [-0.2, -0.15) is 0 Å². The Balaban J connectivity index is 1.85. The van der Waals surface area contributed by atoms with Gasteiger partial charge in [0, 0.05) is 6.20 Å². The topological polar surface area (TPSA) is 54.9 Å².